The highest BCUT2D eigenvalue weighted by molar-refractivity contribution is 7.80. The van der Waals surface area contributed by atoms with Gasteiger partial charge >= 0.3 is 0 Å². The summed E-state index contributed by atoms with van der Waals surface area (Å²) in [6, 6.07) is 9.54. The molecular weight excluding hydrogens is 313 g/mol. The Morgan fingerprint density at radius 3 is 2.67 bits per heavy atom. The topological polar surface area (TPSA) is 44.5 Å². The predicted octanol–water partition coefficient (Wildman–Crippen LogP) is 3.70. The lowest BCUT2D eigenvalue weighted by atomic mass is 10.2. The van der Waals surface area contributed by atoms with E-state index in [1.165, 1.54) is 12.1 Å². The first-order valence-electron chi connectivity index (χ1n) is 6.06. The molecule has 2 aromatic rings. The number of benzene rings is 2. The molecule has 21 heavy (non-hydrogen) atoms. The monoisotopic (exact) mass is 325 g/mol. The SMILES string of the molecule is COc1ccc(Cl)cc1COc1ccc(C(N)=S)c(F)c1. The minimum Gasteiger partial charge on any atom is -0.496 e. The summed E-state index contributed by atoms with van der Waals surface area (Å²) in [6.45, 7) is 0.204. The first kappa shape index (κ1) is 15.5. The average Bonchev–Trinajstić information content (AvgIpc) is 2.45. The van der Waals surface area contributed by atoms with Crippen LogP contribution in [0.5, 0.6) is 11.5 Å². The van der Waals surface area contributed by atoms with Gasteiger partial charge < -0.3 is 15.2 Å². The third-order valence-corrected chi connectivity index (χ3v) is 3.30. The van der Waals surface area contributed by atoms with E-state index >= 15 is 0 Å². The summed E-state index contributed by atoms with van der Waals surface area (Å²) < 4.78 is 24.5. The van der Waals surface area contributed by atoms with E-state index in [9.17, 15) is 4.39 Å². The van der Waals surface area contributed by atoms with Crippen LogP contribution in [0, 0.1) is 5.82 Å². The van der Waals surface area contributed by atoms with E-state index in [0.29, 0.717) is 16.5 Å². The van der Waals surface area contributed by atoms with E-state index in [-0.39, 0.29) is 17.2 Å². The molecule has 0 bridgehead atoms. The second kappa shape index (κ2) is 6.74. The third kappa shape index (κ3) is 3.83. The first-order chi connectivity index (χ1) is 10.0. The molecule has 0 amide bonds. The Balaban J connectivity index is 2.15. The van der Waals surface area contributed by atoms with Gasteiger partial charge in [0, 0.05) is 22.2 Å². The molecule has 110 valence electrons. The van der Waals surface area contributed by atoms with Gasteiger partial charge in [0.05, 0.1) is 7.11 Å². The summed E-state index contributed by atoms with van der Waals surface area (Å²) in [6.07, 6.45) is 0. The molecule has 0 atom stereocenters. The second-order valence-corrected chi connectivity index (χ2v) is 5.13. The first-order valence-corrected chi connectivity index (χ1v) is 6.84. The van der Waals surface area contributed by atoms with Crippen LogP contribution < -0.4 is 15.2 Å². The molecule has 0 aromatic heterocycles. The van der Waals surface area contributed by atoms with Gasteiger partial charge in [-0.15, -0.1) is 0 Å². The van der Waals surface area contributed by atoms with Crippen molar-refractivity contribution in [3.63, 3.8) is 0 Å². The molecule has 3 nitrogen and oxygen atoms in total. The van der Waals surface area contributed by atoms with Crippen molar-refractivity contribution in [2.45, 2.75) is 6.61 Å². The van der Waals surface area contributed by atoms with Crippen LogP contribution in [0.3, 0.4) is 0 Å². The van der Waals surface area contributed by atoms with Crippen molar-refractivity contribution in [1.29, 1.82) is 0 Å². The Hall–Kier alpha value is -1.85. The Bertz CT molecular complexity index is 679. The van der Waals surface area contributed by atoms with Crippen molar-refractivity contribution < 1.29 is 13.9 Å². The smallest absolute Gasteiger partial charge is 0.137 e. The van der Waals surface area contributed by atoms with Crippen LogP contribution in [-0.2, 0) is 6.61 Å². The number of halogens is 2. The van der Waals surface area contributed by atoms with E-state index in [1.807, 2.05) is 0 Å². The molecule has 0 saturated heterocycles. The molecule has 0 heterocycles. The zero-order valence-corrected chi connectivity index (χ0v) is 12.8. The molecule has 0 saturated carbocycles. The molecule has 0 aliphatic heterocycles. The summed E-state index contributed by atoms with van der Waals surface area (Å²) in [5.41, 5.74) is 6.36. The standard InChI is InChI=1S/C15H13ClFNO2S/c1-19-14-5-2-10(16)6-9(14)8-20-11-3-4-12(15(18)21)13(17)7-11/h2-7H,8H2,1H3,(H2,18,21). The third-order valence-electron chi connectivity index (χ3n) is 2.84. The highest BCUT2D eigenvalue weighted by atomic mass is 35.5. The maximum absolute atomic E-state index is 13.7. The van der Waals surface area contributed by atoms with Gasteiger partial charge in [0.15, 0.2) is 0 Å². The number of thiocarbonyl (C=S) groups is 1. The maximum atomic E-state index is 13.7. The molecule has 0 aliphatic rings. The lowest BCUT2D eigenvalue weighted by molar-refractivity contribution is 0.295. The van der Waals surface area contributed by atoms with Crippen molar-refractivity contribution >= 4 is 28.8 Å². The van der Waals surface area contributed by atoms with Crippen molar-refractivity contribution in [1.82, 2.24) is 0 Å². The lowest BCUT2D eigenvalue weighted by Gasteiger charge is -2.11. The summed E-state index contributed by atoms with van der Waals surface area (Å²) >= 11 is 10.7. The highest BCUT2D eigenvalue weighted by Crippen LogP contribution is 2.25. The summed E-state index contributed by atoms with van der Waals surface area (Å²) in [7, 11) is 1.56. The van der Waals surface area contributed by atoms with Crippen molar-refractivity contribution in [3.05, 3.63) is 58.4 Å². The van der Waals surface area contributed by atoms with Crippen LogP contribution in [0.25, 0.3) is 0 Å². The van der Waals surface area contributed by atoms with E-state index in [0.717, 1.165) is 5.56 Å². The molecule has 2 aromatic carbocycles. The Kier molecular flexibility index (Phi) is 4.98. The van der Waals surface area contributed by atoms with Crippen LogP contribution >= 0.6 is 23.8 Å². The van der Waals surface area contributed by atoms with E-state index in [1.54, 1.807) is 31.4 Å². The van der Waals surface area contributed by atoms with Gasteiger partial charge in [-0.3, -0.25) is 0 Å². The minimum absolute atomic E-state index is 0.00978. The fraction of sp³-hybridized carbons (Fsp3) is 0.133. The molecule has 6 heteroatoms. The van der Waals surface area contributed by atoms with Crippen LogP contribution in [0.4, 0.5) is 4.39 Å². The minimum atomic E-state index is -0.516. The van der Waals surface area contributed by atoms with Crippen LogP contribution in [0.1, 0.15) is 11.1 Å². The number of hydrogen-bond acceptors (Lipinski definition) is 3. The zero-order chi connectivity index (χ0) is 15.4. The number of rotatable bonds is 5. The normalized spacial score (nSPS) is 10.2. The lowest BCUT2D eigenvalue weighted by Crippen LogP contribution is -2.11. The summed E-state index contributed by atoms with van der Waals surface area (Å²) in [4.78, 5) is 0.00978. The molecule has 2 N–H and O–H groups in total. The quantitative estimate of drug-likeness (QED) is 0.851. The predicted molar refractivity (Wildman–Crippen MR) is 84.6 cm³/mol. The van der Waals surface area contributed by atoms with Crippen LogP contribution in [0.15, 0.2) is 36.4 Å². The molecule has 0 unspecified atom stereocenters. The van der Waals surface area contributed by atoms with Gasteiger partial charge in [-0.05, 0) is 30.3 Å². The average molecular weight is 326 g/mol. The highest BCUT2D eigenvalue weighted by Gasteiger charge is 2.08. The summed E-state index contributed by atoms with van der Waals surface area (Å²) in [5.74, 6) is 0.507. The van der Waals surface area contributed by atoms with Crippen molar-refractivity contribution in [3.8, 4) is 11.5 Å². The molecule has 2 rings (SSSR count). The van der Waals surface area contributed by atoms with E-state index < -0.39 is 5.82 Å². The Morgan fingerprint density at radius 2 is 2.05 bits per heavy atom. The second-order valence-electron chi connectivity index (χ2n) is 4.25. The number of nitrogens with two attached hydrogens (primary N) is 1. The van der Waals surface area contributed by atoms with Gasteiger partial charge in [0.2, 0.25) is 0 Å². The van der Waals surface area contributed by atoms with Gasteiger partial charge in [-0.1, -0.05) is 23.8 Å². The van der Waals surface area contributed by atoms with Gasteiger partial charge in [-0.2, -0.15) is 0 Å². The fourth-order valence-electron chi connectivity index (χ4n) is 1.81. The van der Waals surface area contributed by atoms with Crippen molar-refractivity contribution in [2.24, 2.45) is 5.73 Å². The molecule has 0 radical (unpaired) electrons. The van der Waals surface area contributed by atoms with Crippen LogP contribution in [0.2, 0.25) is 5.02 Å². The zero-order valence-electron chi connectivity index (χ0n) is 11.2. The molecule has 0 fully saturated rings. The van der Waals surface area contributed by atoms with E-state index in [4.69, 9.17) is 39.0 Å². The van der Waals surface area contributed by atoms with Gasteiger partial charge in [-0.25, -0.2) is 4.39 Å². The number of methoxy groups -OCH3 is 1. The largest absolute Gasteiger partial charge is 0.496 e. The Morgan fingerprint density at radius 1 is 1.29 bits per heavy atom. The number of hydrogen-bond donors (Lipinski definition) is 1. The molecular formula is C15H13ClFNO2S. The summed E-state index contributed by atoms with van der Waals surface area (Å²) in [5, 5.41) is 0.574. The van der Waals surface area contributed by atoms with Gasteiger partial charge in [0.25, 0.3) is 0 Å². The fourth-order valence-corrected chi connectivity index (χ4v) is 2.17. The molecule has 0 aliphatic carbocycles. The van der Waals surface area contributed by atoms with E-state index in [2.05, 4.69) is 0 Å². The van der Waals surface area contributed by atoms with Crippen molar-refractivity contribution in [2.75, 3.05) is 7.11 Å². The maximum Gasteiger partial charge on any atom is 0.137 e. The van der Waals surface area contributed by atoms with Crippen LogP contribution in [-0.4, -0.2) is 12.1 Å². The van der Waals surface area contributed by atoms with Gasteiger partial charge in [0.1, 0.15) is 28.9 Å². The number of ether oxygens (including phenoxy) is 2. The Labute approximate surface area is 132 Å². The molecule has 0 spiro atoms.